The molecule has 0 aliphatic carbocycles. The van der Waals surface area contributed by atoms with E-state index < -0.39 is 5.97 Å². The van der Waals surface area contributed by atoms with Crippen molar-refractivity contribution in [1.82, 2.24) is 9.78 Å². The van der Waals surface area contributed by atoms with Crippen LogP contribution in [0.5, 0.6) is 0 Å². The summed E-state index contributed by atoms with van der Waals surface area (Å²) in [5.74, 6) is -0.559. The van der Waals surface area contributed by atoms with Crippen LogP contribution < -0.4 is 5.56 Å². The van der Waals surface area contributed by atoms with Crippen LogP contribution in [0.3, 0.4) is 0 Å². The zero-order chi connectivity index (χ0) is 16.3. The fourth-order valence-corrected chi connectivity index (χ4v) is 2.05. The number of esters is 1. The van der Waals surface area contributed by atoms with Crippen LogP contribution in [-0.4, -0.2) is 22.9 Å². The Hall–Kier alpha value is -2.94. The van der Waals surface area contributed by atoms with Gasteiger partial charge in [-0.1, -0.05) is 6.07 Å². The molecule has 0 saturated carbocycles. The Bertz CT molecular complexity index is 816. The largest absolute Gasteiger partial charge is 0.465 e. The molecule has 0 atom stereocenters. The molecule has 0 aliphatic rings. The molecule has 112 valence electrons. The summed E-state index contributed by atoms with van der Waals surface area (Å²) in [6.07, 6.45) is 0. The van der Waals surface area contributed by atoms with Gasteiger partial charge in [-0.3, -0.25) is 4.79 Å². The lowest BCUT2D eigenvalue weighted by atomic mass is 10.0. The van der Waals surface area contributed by atoms with Gasteiger partial charge in [0.2, 0.25) is 0 Å². The first-order valence-electron chi connectivity index (χ1n) is 6.70. The number of carbonyl (C=O) groups is 1. The minimum atomic E-state index is -0.559. The average molecular weight is 297 g/mol. The minimum Gasteiger partial charge on any atom is -0.465 e. The van der Waals surface area contributed by atoms with Gasteiger partial charge in [-0.05, 0) is 32.0 Å². The molecule has 0 spiro atoms. The number of ether oxygens (including phenoxy) is 1. The SMILES string of the molecule is COC(=O)c1cc(C#N)ccc1-c1ccc(=O)n(C(C)C)n1. The van der Waals surface area contributed by atoms with E-state index >= 15 is 0 Å². The molecule has 0 radical (unpaired) electrons. The van der Waals surface area contributed by atoms with Crippen LogP contribution in [-0.2, 0) is 4.74 Å². The van der Waals surface area contributed by atoms with E-state index in [1.54, 1.807) is 18.2 Å². The van der Waals surface area contributed by atoms with Crippen LogP contribution in [0.4, 0.5) is 0 Å². The van der Waals surface area contributed by atoms with Crippen LogP contribution in [0.1, 0.15) is 35.8 Å². The third kappa shape index (κ3) is 2.88. The topological polar surface area (TPSA) is 85.0 Å². The number of benzene rings is 1. The Morgan fingerprint density at radius 3 is 2.64 bits per heavy atom. The predicted octanol–water partition coefficient (Wildman–Crippen LogP) is 2.15. The van der Waals surface area contributed by atoms with Gasteiger partial charge in [0.1, 0.15) is 0 Å². The second-order valence-corrected chi connectivity index (χ2v) is 4.96. The smallest absolute Gasteiger partial charge is 0.338 e. The van der Waals surface area contributed by atoms with E-state index in [-0.39, 0.29) is 17.2 Å². The summed E-state index contributed by atoms with van der Waals surface area (Å²) in [6.45, 7) is 3.69. The van der Waals surface area contributed by atoms with Gasteiger partial charge in [0, 0.05) is 11.6 Å². The third-order valence-corrected chi connectivity index (χ3v) is 3.14. The molecule has 1 heterocycles. The second kappa shape index (κ2) is 6.22. The molecule has 1 aromatic heterocycles. The molecule has 0 fully saturated rings. The quantitative estimate of drug-likeness (QED) is 0.810. The van der Waals surface area contributed by atoms with Gasteiger partial charge in [0.05, 0.1) is 36.0 Å². The van der Waals surface area contributed by atoms with Crippen molar-refractivity contribution in [3.05, 3.63) is 51.8 Å². The Kier molecular flexibility index (Phi) is 4.37. The predicted molar refractivity (Wildman–Crippen MR) is 80.4 cm³/mol. The van der Waals surface area contributed by atoms with Crippen LogP contribution in [0.15, 0.2) is 35.1 Å². The van der Waals surface area contributed by atoms with Gasteiger partial charge < -0.3 is 4.74 Å². The van der Waals surface area contributed by atoms with Gasteiger partial charge in [-0.2, -0.15) is 10.4 Å². The standard InChI is InChI=1S/C16H15N3O3/c1-10(2)19-15(20)7-6-14(18-19)12-5-4-11(9-17)8-13(12)16(21)22-3/h4-8,10H,1-3H3. The van der Waals surface area contributed by atoms with E-state index in [4.69, 9.17) is 10.00 Å². The normalized spacial score (nSPS) is 10.3. The number of nitriles is 1. The van der Waals surface area contributed by atoms with Gasteiger partial charge in [0.25, 0.3) is 5.56 Å². The molecule has 0 amide bonds. The second-order valence-electron chi connectivity index (χ2n) is 4.96. The first-order valence-corrected chi connectivity index (χ1v) is 6.70. The van der Waals surface area contributed by atoms with E-state index in [9.17, 15) is 9.59 Å². The highest BCUT2D eigenvalue weighted by atomic mass is 16.5. The maximum Gasteiger partial charge on any atom is 0.338 e. The number of hydrogen-bond donors (Lipinski definition) is 0. The van der Waals surface area contributed by atoms with Crippen LogP contribution in [0, 0.1) is 11.3 Å². The van der Waals surface area contributed by atoms with Gasteiger partial charge in [-0.25, -0.2) is 9.48 Å². The highest BCUT2D eigenvalue weighted by molar-refractivity contribution is 5.97. The Morgan fingerprint density at radius 2 is 2.05 bits per heavy atom. The van der Waals surface area contributed by atoms with E-state index in [0.29, 0.717) is 16.8 Å². The molecule has 0 saturated heterocycles. The Morgan fingerprint density at radius 1 is 1.32 bits per heavy atom. The maximum atomic E-state index is 11.9. The number of rotatable bonds is 3. The summed E-state index contributed by atoms with van der Waals surface area (Å²) in [5.41, 5.74) is 1.36. The summed E-state index contributed by atoms with van der Waals surface area (Å²) in [7, 11) is 1.27. The van der Waals surface area contributed by atoms with Crippen molar-refractivity contribution in [3.63, 3.8) is 0 Å². The maximum absolute atomic E-state index is 11.9. The van der Waals surface area contributed by atoms with Crippen LogP contribution in [0.25, 0.3) is 11.3 Å². The lowest BCUT2D eigenvalue weighted by Crippen LogP contribution is -2.24. The van der Waals surface area contributed by atoms with Crippen LogP contribution >= 0.6 is 0 Å². The molecule has 6 nitrogen and oxygen atoms in total. The fraction of sp³-hybridized carbons (Fsp3) is 0.250. The lowest BCUT2D eigenvalue weighted by molar-refractivity contribution is 0.0601. The summed E-state index contributed by atoms with van der Waals surface area (Å²) in [6, 6.07) is 9.50. The van der Waals surface area contributed by atoms with Crippen molar-refractivity contribution >= 4 is 5.97 Å². The van der Waals surface area contributed by atoms with Gasteiger partial charge >= 0.3 is 5.97 Å². The number of carbonyl (C=O) groups excluding carboxylic acids is 1. The summed E-state index contributed by atoms with van der Waals surface area (Å²) >= 11 is 0. The molecule has 0 aliphatic heterocycles. The van der Waals surface area contributed by atoms with Crippen molar-refractivity contribution in [3.8, 4) is 17.3 Å². The number of nitrogens with zero attached hydrogens (tertiary/aromatic N) is 3. The lowest BCUT2D eigenvalue weighted by Gasteiger charge is -2.12. The first kappa shape index (κ1) is 15.4. The zero-order valence-corrected chi connectivity index (χ0v) is 12.5. The molecule has 2 aromatic rings. The minimum absolute atomic E-state index is 0.104. The molecule has 0 unspecified atom stereocenters. The zero-order valence-electron chi connectivity index (χ0n) is 12.5. The van der Waals surface area contributed by atoms with Crippen molar-refractivity contribution in [2.75, 3.05) is 7.11 Å². The van der Waals surface area contributed by atoms with Crippen LogP contribution in [0.2, 0.25) is 0 Å². The highest BCUT2D eigenvalue weighted by Crippen LogP contribution is 2.23. The van der Waals surface area contributed by atoms with Crippen molar-refractivity contribution in [2.45, 2.75) is 19.9 Å². The molecule has 6 heteroatoms. The van der Waals surface area contributed by atoms with Gasteiger partial charge in [0.15, 0.2) is 0 Å². The highest BCUT2D eigenvalue weighted by Gasteiger charge is 2.16. The van der Waals surface area contributed by atoms with Crippen molar-refractivity contribution in [1.29, 1.82) is 5.26 Å². The Labute approximate surface area is 127 Å². The number of hydrogen-bond acceptors (Lipinski definition) is 5. The van der Waals surface area contributed by atoms with E-state index in [0.717, 1.165) is 0 Å². The monoisotopic (exact) mass is 297 g/mol. The van der Waals surface area contributed by atoms with Crippen molar-refractivity contribution in [2.24, 2.45) is 0 Å². The molecule has 1 aromatic carbocycles. The summed E-state index contributed by atoms with van der Waals surface area (Å²) in [4.78, 5) is 23.7. The van der Waals surface area contributed by atoms with E-state index in [1.165, 1.54) is 23.9 Å². The number of aromatic nitrogens is 2. The molecule has 22 heavy (non-hydrogen) atoms. The molecule has 0 N–H and O–H groups in total. The molecular formula is C16H15N3O3. The molecule has 0 bridgehead atoms. The third-order valence-electron chi connectivity index (χ3n) is 3.14. The average Bonchev–Trinajstić information content (AvgIpc) is 2.53. The fourth-order valence-electron chi connectivity index (χ4n) is 2.05. The molecule has 2 rings (SSSR count). The summed E-state index contributed by atoms with van der Waals surface area (Å²) in [5, 5.41) is 13.3. The number of methoxy groups -OCH3 is 1. The van der Waals surface area contributed by atoms with Gasteiger partial charge in [-0.15, -0.1) is 0 Å². The van der Waals surface area contributed by atoms with Crippen molar-refractivity contribution < 1.29 is 9.53 Å². The molecular weight excluding hydrogens is 282 g/mol. The Balaban J connectivity index is 2.67. The first-order chi connectivity index (χ1) is 10.5. The summed E-state index contributed by atoms with van der Waals surface area (Å²) < 4.78 is 6.10. The van der Waals surface area contributed by atoms with E-state index in [2.05, 4.69) is 5.10 Å². The van der Waals surface area contributed by atoms with E-state index in [1.807, 2.05) is 19.9 Å².